The molecule has 0 atom stereocenters. The van der Waals surface area contributed by atoms with Crippen molar-refractivity contribution in [1.29, 1.82) is 0 Å². The zero-order valence-electron chi connectivity index (χ0n) is 14.2. The van der Waals surface area contributed by atoms with Crippen molar-refractivity contribution in [1.82, 2.24) is 20.6 Å². The van der Waals surface area contributed by atoms with Crippen molar-refractivity contribution >= 4 is 11.8 Å². The standard InChI is InChI=1S/C18H18N4O3/c1-11-9-15(13(3)25-11)17(23)20-21-18(24)16-10-19-22(12(16)2)14-7-5-4-6-8-14/h4-10H,1-3H3,(H,20,23)(H,21,24). The summed E-state index contributed by atoms with van der Waals surface area (Å²) in [5, 5.41) is 4.24. The predicted molar refractivity (Wildman–Crippen MR) is 91.4 cm³/mol. The zero-order valence-corrected chi connectivity index (χ0v) is 14.2. The monoisotopic (exact) mass is 338 g/mol. The van der Waals surface area contributed by atoms with Crippen molar-refractivity contribution in [3.63, 3.8) is 0 Å². The van der Waals surface area contributed by atoms with Crippen LogP contribution in [0.2, 0.25) is 0 Å². The molecule has 7 nitrogen and oxygen atoms in total. The van der Waals surface area contributed by atoms with Crippen LogP contribution < -0.4 is 10.9 Å². The van der Waals surface area contributed by atoms with Gasteiger partial charge >= 0.3 is 0 Å². The van der Waals surface area contributed by atoms with Gasteiger partial charge in [-0.05, 0) is 39.0 Å². The SMILES string of the molecule is Cc1cc(C(=O)NNC(=O)c2cnn(-c3ccccc3)c2C)c(C)o1. The minimum atomic E-state index is -0.439. The first-order valence-electron chi connectivity index (χ1n) is 7.75. The molecule has 3 rings (SSSR count). The number of para-hydroxylation sites is 1. The average molecular weight is 338 g/mol. The van der Waals surface area contributed by atoms with E-state index in [-0.39, 0.29) is 0 Å². The van der Waals surface area contributed by atoms with Gasteiger partial charge in [0.1, 0.15) is 11.5 Å². The molecule has 0 aliphatic rings. The Morgan fingerprint density at radius 3 is 2.24 bits per heavy atom. The van der Waals surface area contributed by atoms with Crippen LogP contribution in [-0.2, 0) is 0 Å². The lowest BCUT2D eigenvalue weighted by Gasteiger charge is -2.07. The van der Waals surface area contributed by atoms with Crippen LogP contribution in [0.1, 0.15) is 37.9 Å². The molecule has 0 unspecified atom stereocenters. The summed E-state index contributed by atoms with van der Waals surface area (Å²) in [5.41, 5.74) is 7.09. The van der Waals surface area contributed by atoms with Gasteiger partial charge in [0.2, 0.25) is 0 Å². The van der Waals surface area contributed by atoms with Crippen molar-refractivity contribution in [2.75, 3.05) is 0 Å². The molecule has 0 fully saturated rings. The van der Waals surface area contributed by atoms with Gasteiger partial charge in [-0.2, -0.15) is 5.10 Å². The maximum absolute atomic E-state index is 12.3. The van der Waals surface area contributed by atoms with Gasteiger partial charge in [0.05, 0.1) is 28.7 Å². The molecule has 0 aliphatic heterocycles. The van der Waals surface area contributed by atoms with E-state index in [0.717, 1.165) is 5.69 Å². The number of furan rings is 1. The molecule has 7 heteroatoms. The Hall–Kier alpha value is -3.35. The highest BCUT2D eigenvalue weighted by atomic mass is 16.3. The Bertz CT molecular complexity index is 925. The number of amides is 2. The highest BCUT2D eigenvalue weighted by Gasteiger charge is 2.18. The summed E-state index contributed by atoms with van der Waals surface area (Å²) in [7, 11) is 0. The number of carbonyl (C=O) groups excluding carboxylic acids is 2. The van der Waals surface area contributed by atoms with E-state index in [1.54, 1.807) is 31.5 Å². The summed E-state index contributed by atoms with van der Waals surface area (Å²) in [4.78, 5) is 24.5. The van der Waals surface area contributed by atoms with Gasteiger partial charge in [-0.25, -0.2) is 4.68 Å². The van der Waals surface area contributed by atoms with E-state index in [2.05, 4.69) is 16.0 Å². The lowest BCUT2D eigenvalue weighted by atomic mass is 10.2. The Morgan fingerprint density at radius 1 is 1.00 bits per heavy atom. The Morgan fingerprint density at radius 2 is 1.64 bits per heavy atom. The Balaban J connectivity index is 1.71. The molecule has 2 N–H and O–H groups in total. The molecule has 0 aliphatic carbocycles. The van der Waals surface area contributed by atoms with Crippen molar-refractivity contribution in [3.8, 4) is 5.69 Å². The predicted octanol–water partition coefficient (Wildman–Crippen LogP) is 2.47. The molecule has 2 heterocycles. The average Bonchev–Trinajstić information content (AvgIpc) is 3.15. The van der Waals surface area contributed by atoms with E-state index in [9.17, 15) is 9.59 Å². The molecule has 0 bridgehead atoms. The number of nitrogens with zero attached hydrogens (tertiary/aromatic N) is 2. The van der Waals surface area contributed by atoms with Crippen LogP contribution in [-0.4, -0.2) is 21.6 Å². The number of hydrogen-bond acceptors (Lipinski definition) is 4. The van der Waals surface area contributed by atoms with Gasteiger partial charge in [-0.15, -0.1) is 0 Å². The Labute approximate surface area is 144 Å². The third-order valence-electron chi connectivity index (χ3n) is 3.83. The second kappa shape index (κ2) is 6.64. The maximum atomic E-state index is 12.3. The van der Waals surface area contributed by atoms with Crippen molar-refractivity contribution < 1.29 is 14.0 Å². The molecule has 128 valence electrons. The first-order valence-corrected chi connectivity index (χ1v) is 7.75. The highest BCUT2D eigenvalue weighted by molar-refractivity contribution is 6.00. The lowest BCUT2D eigenvalue weighted by Crippen LogP contribution is -2.41. The molecule has 1 aromatic carbocycles. The van der Waals surface area contributed by atoms with Gasteiger partial charge in [0.25, 0.3) is 11.8 Å². The molecule has 0 radical (unpaired) electrons. The van der Waals surface area contributed by atoms with Crippen LogP contribution in [0.4, 0.5) is 0 Å². The molecule has 0 saturated carbocycles. The Kier molecular flexibility index (Phi) is 4.38. The first-order chi connectivity index (χ1) is 12.0. The van der Waals surface area contributed by atoms with E-state index >= 15 is 0 Å². The van der Waals surface area contributed by atoms with E-state index in [4.69, 9.17) is 4.42 Å². The van der Waals surface area contributed by atoms with E-state index < -0.39 is 11.8 Å². The number of carbonyl (C=O) groups is 2. The smallest absolute Gasteiger partial charge is 0.273 e. The summed E-state index contributed by atoms with van der Waals surface area (Å²) in [5.74, 6) is 0.257. The first kappa shape index (κ1) is 16.5. The molecule has 3 aromatic rings. The largest absolute Gasteiger partial charge is 0.466 e. The highest BCUT2D eigenvalue weighted by Crippen LogP contribution is 2.14. The number of hydrazine groups is 1. The molecule has 0 spiro atoms. The quantitative estimate of drug-likeness (QED) is 0.718. The van der Waals surface area contributed by atoms with Crippen LogP contribution >= 0.6 is 0 Å². The molecular weight excluding hydrogens is 320 g/mol. The van der Waals surface area contributed by atoms with E-state index in [1.807, 2.05) is 30.3 Å². The molecule has 2 amide bonds. The fraction of sp³-hybridized carbons (Fsp3) is 0.167. The van der Waals surface area contributed by atoms with Crippen LogP contribution in [0, 0.1) is 20.8 Å². The number of rotatable bonds is 3. The summed E-state index contributed by atoms with van der Waals surface area (Å²) >= 11 is 0. The zero-order chi connectivity index (χ0) is 18.0. The lowest BCUT2D eigenvalue weighted by molar-refractivity contribution is 0.0845. The summed E-state index contributed by atoms with van der Waals surface area (Å²) in [6, 6.07) is 11.1. The molecule has 2 aromatic heterocycles. The van der Waals surface area contributed by atoms with Gasteiger partial charge in [-0.3, -0.25) is 20.4 Å². The van der Waals surface area contributed by atoms with Gasteiger partial charge < -0.3 is 4.42 Å². The van der Waals surface area contributed by atoms with Gasteiger partial charge in [0.15, 0.2) is 0 Å². The van der Waals surface area contributed by atoms with E-state index in [0.29, 0.717) is 28.3 Å². The summed E-state index contributed by atoms with van der Waals surface area (Å²) in [6.45, 7) is 5.24. The number of benzene rings is 1. The second-order valence-electron chi connectivity index (χ2n) is 5.63. The number of aromatic nitrogens is 2. The van der Waals surface area contributed by atoms with Crippen LogP contribution in [0.25, 0.3) is 5.69 Å². The maximum Gasteiger partial charge on any atom is 0.273 e. The van der Waals surface area contributed by atoms with Crippen molar-refractivity contribution in [3.05, 3.63) is 70.9 Å². The summed E-state index contributed by atoms with van der Waals surface area (Å²) < 4.78 is 6.98. The normalized spacial score (nSPS) is 10.5. The molecule has 25 heavy (non-hydrogen) atoms. The second-order valence-corrected chi connectivity index (χ2v) is 5.63. The number of aryl methyl sites for hydroxylation is 2. The minimum Gasteiger partial charge on any atom is -0.466 e. The molecule has 0 saturated heterocycles. The third-order valence-corrected chi connectivity index (χ3v) is 3.83. The van der Waals surface area contributed by atoms with Gasteiger partial charge in [-0.1, -0.05) is 18.2 Å². The number of nitrogens with one attached hydrogen (secondary N) is 2. The van der Waals surface area contributed by atoms with Crippen molar-refractivity contribution in [2.45, 2.75) is 20.8 Å². The van der Waals surface area contributed by atoms with Crippen molar-refractivity contribution in [2.24, 2.45) is 0 Å². The molecular formula is C18H18N4O3. The number of hydrogen-bond donors (Lipinski definition) is 2. The fourth-order valence-electron chi connectivity index (χ4n) is 2.57. The van der Waals surface area contributed by atoms with E-state index in [1.165, 1.54) is 6.20 Å². The van der Waals surface area contributed by atoms with Crippen LogP contribution in [0.3, 0.4) is 0 Å². The minimum absolute atomic E-state index is 0.379. The summed E-state index contributed by atoms with van der Waals surface area (Å²) in [6.07, 6.45) is 1.47. The fourth-order valence-corrected chi connectivity index (χ4v) is 2.57. The van der Waals surface area contributed by atoms with Crippen LogP contribution in [0.5, 0.6) is 0 Å². The van der Waals surface area contributed by atoms with Gasteiger partial charge in [0, 0.05) is 0 Å². The van der Waals surface area contributed by atoms with Crippen LogP contribution in [0.15, 0.2) is 47.0 Å². The third kappa shape index (κ3) is 3.30. The topological polar surface area (TPSA) is 89.2 Å².